The molecule has 0 radical (unpaired) electrons. The smallest absolute Gasteiger partial charge is 0.137 e. The number of hydrogen-bond acceptors (Lipinski definition) is 3. The van der Waals surface area contributed by atoms with Crippen LogP contribution in [0.5, 0.6) is 0 Å². The monoisotopic (exact) mass is 307 g/mol. The van der Waals surface area contributed by atoms with Crippen LogP contribution < -0.4 is 0 Å². The van der Waals surface area contributed by atoms with Gasteiger partial charge in [-0.05, 0) is 50.8 Å². The van der Waals surface area contributed by atoms with E-state index in [0.29, 0.717) is 18.6 Å². The molecule has 0 amide bonds. The fraction of sp³-hybridized carbons (Fsp3) is 0.562. The van der Waals surface area contributed by atoms with E-state index >= 15 is 0 Å². The molecule has 1 N–H and O–H groups in total. The van der Waals surface area contributed by atoms with Crippen LogP contribution in [0.25, 0.3) is 5.65 Å². The predicted octanol–water partition coefficient (Wildman–Crippen LogP) is 2.97. The highest BCUT2D eigenvalue weighted by Gasteiger charge is 2.23. The van der Waals surface area contributed by atoms with Gasteiger partial charge in [0.15, 0.2) is 0 Å². The highest BCUT2D eigenvalue weighted by Crippen LogP contribution is 2.27. The lowest BCUT2D eigenvalue weighted by Crippen LogP contribution is -2.35. The first-order valence-electron chi connectivity index (χ1n) is 7.60. The lowest BCUT2D eigenvalue weighted by molar-refractivity contribution is 0.123. The number of aliphatic hydroxyl groups is 1. The summed E-state index contributed by atoms with van der Waals surface area (Å²) in [5, 5.41) is 9.94. The van der Waals surface area contributed by atoms with E-state index in [9.17, 15) is 5.11 Å². The maximum absolute atomic E-state index is 9.22. The number of imidazole rings is 1. The van der Waals surface area contributed by atoms with Crippen LogP contribution in [0, 0.1) is 5.92 Å². The van der Waals surface area contributed by atoms with Gasteiger partial charge in [-0.15, -0.1) is 0 Å². The van der Waals surface area contributed by atoms with Gasteiger partial charge in [-0.25, -0.2) is 4.98 Å². The molecule has 0 spiro atoms. The summed E-state index contributed by atoms with van der Waals surface area (Å²) in [6.07, 6.45) is 8.54. The molecule has 2 heterocycles. The second-order valence-corrected chi connectivity index (χ2v) is 6.55. The Hall–Kier alpha value is -1.10. The number of rotatable bonds is 4. The Morgan fingerprint density at radius 1 is 1.29 bits per heavy atom. The number of pyridine rings is 1. The van der Waals surface area contributed by atoms with E-state index in [1.165, 1.54) is 12.8 Å². The topological polar surface area (TPSA) is 40.8 Å². The van der Waals surface area contributed by atoms with Gasteiger partial charge in [0.25, 0.3) is 0 Å². The van der Waals surface area contributed by atoms with Crippen molar-refractivity contribution in [1.82, 2.24) is 14.3 Å². The van der Waals surface area contributed by atoms with Crippen molar-refractivity contribution >= 4 is 17.2 Å². The van der Waals surface area contributed by atoms with Gasteiger partial charge in [0, 0.05) is 31.6 Å². The molecule has 114 valence electrons. The molecule has 0 atom stereocenters. The summed E-state index contributed by atoms with van der Waals surface area (Å²) in [7, 11) is 2.17. The maximum atomic E-state index is 9.22. The second kappa shape index (κ2) is 6.34. The summed E-state index contributed by atoms with van der Waals surface area (Å²) < 4.78 is 1.98. The summed E-state index contributed by atoms with van der Waals surface area (Å²) in [6, 6.07) is 4.41. The maximum Gasteiger partial charge on any atom is 0.137 e. The van der Waals surface area contributed by atoms with Crippen LogP contribution in [0.4, 0.5) is 0 Å². The van der Waals surface area contributed by atoms with E-state index in [1.54, 1.807) is 0 Å². The number of hydrogen-bond donors (Lipinski definition) is 1. The minimum atomic E-state index is 0.337. The lowest BCUT2D eigenvalue weighted by atomic mass is 9.86. The summed E-state index contributed by atoms with van der Waals surface area (Å²) in [5.41, 5.74) is 2.01. The zero-order chi connectivity index (χ0) is 14.8. The van der Waals surface area contributed by atoms with Gasteiger partial charge in [-0.3, -0.25) is 4.90 Å². The van der Waals surface area contributed by atoms with E-state index in [1.807, 2.05) is 22.7 Å². The van der Waals surface area contributed by atoms with Gasteiger partial charge in [0.05, 0.1) is 10.7 Å². The SMILES string of the molecule is CN(Cc1cn2cc(Cl)ccc2n1)C1CCC(CO)CC1. The molecule has 5 heteroatoms. The second-order valence-electron chi connectivity index (χ2n) is 6.12. The van der Waals surface area contributed by atoms with Crippen molar-refractivity contribution in [3.63, 3.8) is 0 Å². The van der Waals surface area contributed by atoms with Gasteiger partial charge in [-0.1, -0.05) is 11.6 Å². The summed E-state index contributed by atoms with van der Waals surface area (Å²) in [6.45, 7) is 1.19. The van der Waals surface area contributed by atoms with Crippen LogP contribution >= 0.6 is 11.6 Å². The van der Waals surface area contributed by atoms with Crippen molar-refractivity contribution in [2.75, 3.05) is 13.7 Å². The van der Waals surface area contributed by atoms with Crippen molar-refractivity contribution < 1.29 is 5.11 Å². The first-order valence-corrected chi connectivity index (χ1v) is 7.97. The Bertz CT molecular complexity index is 605. The zero-order valence-corrected chi connectivity index (χ0v) is 13.1. The van der Waals surface area contributed by atoms with E-state index < -0.39 is 0 Å². The van der Waals surface area contributed by atoms with Crippen LogP contribution in [0.3, 0.4) is 0 Å². The normalized spacial score (nSPS) is 23.0. The van der Waals surface area contributed by atoms with Crippen LogP contribution in [0.15, 0.2) is 24.5 Å². The third kappa shape index (κ3) is 3.39. The molecule has 0 saturated heterocycles. The number of aliphatic hydroxyl groups excluding tert-OH is 1. The van der Waals surface area contributed by atoms with Crippen molar-refractivity contribution in [1.29, 1.82) is 0 Å². The standard InChI is InChI=1S/C16H22ClN3O/c1-19(15-5-2-12(11-21)3-6-15)9-14-10-20-8-13(17)4-7-16(20)18-14/h4,7-8,10,12,15,21H,2-3,5-6,9,11H2,1H3. The average Bonchev–Trinajstić information content (AvgIpc) is 2.88. The Morgan fingerprint density at radius 2 is 2.05 bits per heavy atom. The molecular formula is C16H22ClN3O. The molecule has 1 aliphatic rings. The molecule has 1 saturated carbocycles. The molecule has 1 aliphatic carbocycles. The number of nitrogens with zero attached hydrogens (tertiary/aromatic N) is 3. The molecular weight excluding hydrogens is 286 g/mol. The first-order chi connectivity index (χ1) is 10.2. The molecule has 1 fully saturated rings. The highest BCUT2D eigenvalue weighted by molar-refractivity contribution is 6.30. The predicted molar refractivity (Wildman–Crippen MR) is 84.5 cm³/mol. The first kappa shape index (κ1) is 14.8. The van der Waals surface area contributed by atoms with E-state index in [4.69, 9.17) is 11.6 Å². The van der Waals surface area contributed by atoms with Gasteiger partial charge in [-0.2, -0.15) is 0 Å². The Morgan fingerprint density at radius 3 is 2.76 bits per heavy atom. The van der Waals surface area contributed by atoms with Crippen molar-refractivity contribution in [2.45, 2.75) is 38.3 Å². The van der Waals surface area contributed by atoms with Crippen LogP contribution in [-0.2, 0) is 6.54 Å². The lowest BCUT2D eigenvalue weighted by Gasteiger charge is -2.33. The number of aromatic nitrogens is 2. The fourth-order valence-corrected chi connectivity index (χ4v) is 3.41. The summed E-state index contributed by atoms with van der Waals surface area (Å²) in [5.74, 6) is 0.506. The Kier molecular flexibility index (Phi) is 4.48. The van der Waals surface area contributed by atoms with Gasteiger partial charge < -0.3 is 9.51 Å². The third-order valence-electron chi connectivity index (χ3n) is 4.57. The minimum Gasteiger partial charge on any atom is -0.396 e. The molecule has 4 nitrogen and oxygen atoms in total. The van der Waals surface area contributed by atoms with Crippen molar-refractivity contribution in [2.24, 2.45) is 5.92 Å². The molecule has 2 aromatic rings. The van der Waals surface area contributed by atoms with Crippen LogP contribution in [0.1, 0.15) is 31.4 Å². The molecule has 3 rings (SSSR count). The highest BCUT2D eigenvalue weighted by atomic mass is 35.5. The zero-order valence-electron chi connectivity index (χ0n) is 12.4. The van der Waals surface area contributed by atoms with Crippen LogP contribution in [-0.4, -0.2) is 39.1 Å². The minimum absolute atomic E-state index is 0.337. The average molecular weight is 308 g/mol. The largest absolute Gasteiger partial charge is 0.396 e. The van der Waals surface area contributed by atoms with Crippen molar-refractivity contribution in [3.8, 4) is 0 Å². The molecule has 2 aromatic heterocycles. The van der Waals surface area contributed by atoms with Crippen molar-refractivity contribution in [3.05, 3.63) is 35.2 Å². The van der Waals surface area contributed by atoms with E-state index in [0.717, 1.165) is 35.8 Å². The molecule has 0 aromatic carbocycles. The quantitative estimate of drug-likeness (QED) is 0.944. The molecule has 0 unspecified atom stereocenters. The molecule has 0 bridgehead atoms. The molecule has 21 heavy (non-hydrogen) atoms. The number of fused-ring (bicyclic) bond motifs is 1. The molecule has 0 aliphatic heterocycles. The fourth-order valence-electron chi connectivity index (χ4n) is 3.25. The van der Waals surface area contributed by atoms with Gasteiger partial charge in [0.1, 0.15) is 5.65 Å². The van der Waals surface area contributed by atoms with E-state index in [-0.39, 0.29) is 0 Å². The summed E-state index contributed by atoms with van der Waals surface area (Å²) in [4.78, 5) is 7.03. The third-order valence-corrected chi connectivity index (χ3v) is 4.80. The summed E-state index contributed by atoms with van der Waals surface area (Å²) >= 11 is 6.00. The Balaban J connectivity index is 1.64. The van der Waals surface area contributed by atoms with Gasteiger partial charge >= 0.3 is 0 Å². The Labute approximate surface area is 130 Å². The number of halogens is 1. The van der Waals surface area contributed by atoms with Gasteiger partial charge in [0.2, 0.25) is 0 Å². The van der Waals surface area contributed by atoms with Crippen LogP contribution in [0.2, 0.25) is 5.02 Å². The van der Waals surface area contributed by atoms with E-state index in [2.05, 4.69) is 23.1 Å².